The van der Waals surface area contributed by atoms with Crippen molar-refractivity contribution in [2.24, 2.45) is 10.3 Å². The molecule has 8 heteroatoms. The van der Waals surface area contributed by atoms with Gasteiger partial charge in [0.2, 0.25) is 0 Å². The van der Waals surface area contributed by atoms with E-state index in [0.29, 0.717) is 0 Å². The molecule has 0 saturated carbocycles. The highest BCUT2D eigenvalue weighted by molar-refractivity contribution is 7.81. The highest BCUT2D eigenvalue weighted by Crippen LogP contribution is 2.25. The Hall–Kier alpha value is -2.45. The van der Waals surface area contributed by atoms with Gasteiger partial charge in [-0.15, -0.1) is 5.11 Å². The van der Waals surface area contributed by atoms with Crippen molar-refractivity contribution in [2.45, 2.75) is 0 Å². The first-order valence-electron chi connectivity index (χ1n) is 6.30. The molecule has 0 amide bonds. The van der Waals surface area contributed by atoms with Crippen molar-refractivity contribution < 1.29 is 17.2 Å². The molecule has 0 radical (unpaired) electrons. The van der Waals surface area contributed by atoms with E-state index < -0.39 is 10.4 Å². The molecule has 0 bridgehead atoms. The molecule has 7 nitrogen and oxygen atoms in total. The monoisotopic (exact) mass is 321 g/mol. The van der Waals surface area contributed by atoms with Gasteiger partial charge in [0, 0.05) is 14.1 Å². The molecule has 0 saturated heterocycles. The second kappa shape index (κ2) is 6.54. The number of benzene rings is 2. The van der Waals surface area contributed by atoms with E-state index in [1.165, 1.54) is 12.1 Å². The predicted octanol–water partition coefficient (Wildman–Crippen LogP) is 3.10. The average molecular weight is 321 g/mol. The molecule has 2 aromatic rings. The van der Waals surface area contributed by atoms with Crippen LogP contribution in [0.2, 0.25) is 0 Å². The van der Waals surface area contributed by atoms with Crippen LogP contribution in [0.15, 0.2) is 58.9 Å². The fourth-order valence-corrected chi connectivity index (χ4v) is 2.04. The molecule has 0 heterocycles. The van der Waals surface area contributed by atoms with Crippen molar-refractivity contribution in [3.63, 3.8) is 0 Å². The first-order chi connectivity index (χ1) is 10.3. The lowest BCUT2D eigenvalue weighted by molar-refractivity contribution is 0.387. The fourth-order valence-electron chi connectivity index (χ4n) is 1.69. The zero-order chi connectivity index (χ0) is 16.2. The van der Waals surface area contributed by atoms with E-state index in [2.05, 4.69) is 14.5 Å². The summed E-state index contributed by atoms with van der Waals surface area (Å²) < 4.78 is 34.2. The molecule has 0 fully saturated rings. The first kappa shape index (κ1) is 15.9. The van der Waals surface area contributed by atoms with Crippen LogP contribution in [0.4, 0.5) is 5.69 Å². The third kappa shape index (κ3) is 4.83. The van der Waals surface area contributed by atoms with Crippen LogP contribution in [0.5, 0.6) is 5.75 Å². The van der Waals surface area contributed by atoms with Gasteiger partial charge >= 0.3 is 10.4 Å². The van der Waals surface area contributed by atoms with E-state index in [9.17, 15) is 8.42 Å². The summed E-state index contributed by atoms with van der Waals surface area (Å²) in [6.45, 7) is 0. The van der Waals surface area contributed by atoms with E-state index in [0.717, 1.165) is 16.8 Å². The van der Waals surface area contributed by atoms with Crippen LogP contribution in [0, 0.1) is 0 Å². The maximum atomic E-state index is 10.6. The van der Waals surface area contributed by atoms with Gasteiger partial charge in [0.05, 0.1) is 5.69 Å². The first-order valence-corrected chi connectivity index (χ1v) is 7.66. The van der Waals surface area contributed by atoms with Gasteiger partial charge in [-0.1, -0.05) is 29.5 Å². The molecule has 0 spiro atoms. The van der Waals surface area contributed by atoms with Gasteiger partial charge in [0.15, 0.2) is 0 Å². The SMILES string of the molecule is CN(C)N=Nc1ccc(-c2ccc(OS(=O)(=O)O)cc2)cc1. The van der Waals surface area contributed by atoms with Gasteiger partial charge in [0.1, 0.15) is 5.75 Å². The Balaban J connectivity index is 2.15. The largest absolute Gasteiger partial charge is 0.446 e. The fraction of sp³-hybridized carbons (Fsp3) is 0.143. The minimum Gasteiger partial charge on any atom is -0.362 e. The minimum atomic E-state index is -4.50. The zero-order valence-corrected chi connectivity index (χ0v) is 12.9. The van der Waals surface area contributed by atoms with Crippen molar-refractivity contribution >= 4 is 16.1 Å². The lowest BCUT2D eigenvalue weighted by Gasteiger charge is -2.05. The lowest BCUT2D eigenvalue weighted by Crippen LogP contribution is -2.06. The third-order valence-electron chi connectivity index (χ3n) is 2.60. The standard InChI is InChI=1S/C14H15N3O4S/c1-17(2)16-15-13-7-3-11(4-8-13)12-5-9-14(10-6-12)21-22(18,19)20/h3-10H,1-2H3,(H,18,19,20). The van der Waals surface area contributed by atoms with Gasteiger partial charge in [-0.2, -0.15) is 8.42 Å². The topological polar surface area (TPSA) is 91.6 Å². The Morgan fingerprint density at radius 3 is 1.91 bits per heavy atom. The van der Waals surface area contributed by atoms with Crippen LogP contribution in [-0.4, -0.2) is 32.1 Å². The van der Waals surface area contributed by atoms with E-state index in [4.69, 9.17) is 4.55 Å². The number of nitrogens with zero attached hydrogens (tertiary/aromatic N) is 3. The normalized spacial score (nSPS) is 11.6. The van der Waals surface area contributed by atoms with Crippen molar-refractivity contribution in [1.82, 2.24) is 5.01 Å². The molecule has 0 aromatic heterocycles. The van der Waals surface area contributed by atoms with Crippen LogP contribution < -0.4 is 4.18 Å². The van der Waals surface area contributed by atoms with Crippen molar-refractivity contribution in [3.8, 4) is 16.9 Å². The molecule has 2 aromatic carbocycles. The zero-order valence-electron chi connectivity index (χ0n) is 12.0. The van der Waals surface area contributed by atoms with Gasteiger partial charge in [-0.25, -0.2) is 0 Å². The van der Waals surface area contributed by atoms with Crippen LogP contribution >= 0.6 is 0 Å². The van der Waals surface area contributed by atoms with Crippen LogP contribution in [-0.2, 0) is 10.4 Å². The second-order valence-corrected chi connectivity index (χ2v) is 5.64. The smallest absolute Gasteiger partial charge is 0.362 e. The van der Waals surface area contributed by atoms with Gasteiger partial charge in [0.25, 0.3) is 0 Å². The summed E-state index contributed by atoms with van der Waals surface area (Å²) in [6, 6.07) is 13.7. The molecule has 0 unspecified atom stereocenters. The van der Waals surface area contributed by atoms with E-state index >= 15 is 0 Å². The molecule has 2 rings (SSSR count). The number of rotatable bonds is 5. The highest BCUT2D eigenvalue weighted by Gasteiger charge is 2.06. The summed E-state index contributed by atoms with van der Waals surface area (Å²) in [5.41, 5.74) is 2.53. The van der Waals surface area contributed by atoms with E-state index in [-0.39, 0.29) is 5.75 Å². The molecule has 1 N–H and O–H groups in total. The number of hydrogen-bond donors (Lipinski definition) is 1. The quantitative estimate of drug-likeness (QED) is 0.519. The summed E-state index contributed by atoms with van der Waals surface area (Å²) >= 11 is 0. The van der Waals surface area contributed by atoms with Gasteiger partial charge in [-0.05, 0) is 35.4 Å². The summed E-state index contributed by atoms with van der Waals surface area (Å²) in [5.74, 6) is 0.0441. The second-order valence-electron chi connectivity index (χ2n) is 4.62. The summed E-state index contributed by atoms with van der Waals surface area (Å²) in [4.78, 5) is 0. The molecule has 0 aliphatic heterocycles. The summed E-state index contributed by atoms with van der Waals surface area (Å²) in [5, 5.41) is 9.53. The lowest BCUT2D eigenvalue weighted by atomic mass is 10.1. The minimum absolute atomic E-state index is 0.0441. The van der Waals surface area contributed by atoms with Crippen LogP contribution in [0.1, 0.15) is 0 Å². The molecular weight excluding hydrogens is 306 g/mol. The van der Waals surface area contributed by atoms with E-state index in [1.807, 2.05) is 24.3 Å². The maximum Gasteiger partial charge on any atom is 0.446 e. The Labute approximate surface area is 128 Å². The number of hydrogen-bond acceptors (Lipinski definition) is 5. The molecule has 116 valence electrons. The Kier molecular flexibility index (Phi) is 4.74. The Morgan fingerprint density at radius 2 is 1.45 bits per heavy atom. The molecule has 0 atom stereocenters. The van der Waals surface area contributed by atoms with Crippen molar-refractivity contribution in [3.05, 3.63) is 48.5 Å². The van der Waals surface area contributed by atoms with Crippen LogP contribution in [0.3, 0.4) is 0 Å². The molecule has 0 aliphatic carbocycles. The van der Waals surface area contributed by atoms with Crippen molar-refractivity contribution in [2.75, 3.05) is 14.1 Å². The summed E-state index contributed by atoms with van der Waals surface area (Å²) in [7, 11) is -0.929. The van der Waals surface area contributed by atoms with Crippen LogP contribution in [0.25, 0.3) is 11.1 Å². The average Bonchev–Trinajstić information content (AvgIpc) is 2.45. The molecule has 0 aliphatic rings. The highest BCUT2D eigenvalue weighted by atomic mass is 32.3. The molecule has 22 heavy (non-hydrogen) atoms. The van der Waals surface area contributed by atoms with E-state index in [1.54, 1.807) is 31.2 Å². The third-order valence-corrected chi connectivity index (χ3v) is 3.00. The van der Waals surface area contributed by atoms with Gasteiger partial charge in [-0.3, -0.25) is 9.56 Å². The predicted molar refractivity (Wildman–Crippen MR) is 82.3 cm³/mol. The van der Waals surface area contributed by atoms with Crippen molar-refractivity contribution in [1.29, 1.82) is 0 Å². The Bertz CT molecular complexity index is 754. The Morgan fingerprint density at radius 1 is 0.955 bits per heavy atom. The summed E-state index contributed by atoms with van der Waals surface area (Å²) in [6.07, 6.45) is 0. The maximum absolute atomic E-state index is 10.6. The van der Waals surface area contributed by atoms with Gasteiger partial charge < -0.3 is 4.18 Å². The molecular formula is C14H15N3O4S.